The summed E-state index contributed by atoms with van der Waals surface area (Å²) in [6.45, 7) is 2.73. The van der Waals surface area contributed by atoms with Crippen molar-refractivity contribution in [1.29, 1.82) is 0 Å². The Bertz CT molecular complexity index is 1110. The van der Waals surface area contributed by atoms with Gasteiger partial charge in [0.2, 0.25) is 0 Å². The summed E-state index contributed by atoms with van der Waals surface area (Å²) < 4.78 is 13.5. The Hall–Kier alpha value is -3.18. The highest BCUT2D eigenvalue weighted by molar-refractivity contribution is 5.74. The van der Waals surface area contributed by atoms with Crippen molar-refractivity contribution < 1.29 is 9.47 Å². The van der Waals surface area contributed by atoms with Crippen molar-refractivity contribution >= 4 is 11.0 Å². The van der Waals surface area contributed by atoms with Crippen LogP contribution in [0.4, 0.5) is 0 Å². The minimum Gasteiger partial charge on any atom is -0.497 e. The third-order valence-corrected chi connectivity index (χ3v) is 5.49. The number of para-hydroxylation sites is 1. The van der Waals surface area contributed by atoms with E-state index in [9.17, 15) is 0 Å². The molecule has 28 heavy (non-hydrogen) atoms. The van der Waals surface area contributed by atoms with Gasteiger partial charge < -0.3 is 9.47 Å². The molecule has 1 aliphatic heterocycles. The average Bonchev–Trinajstić information content (AvgIpc) is 3.43. The Morgan fingerprint density at radius 3 is 2.39 bits per heavy atom. The predicted molar refractivity (Wildman–Crippen MR) is 107 cm³/mol. The number of nitrogens with zero attached hydrogens (tertiary/aromatic N) is 3. The fraction of sp³-hybridized carbons (Fsp3) is 0.217. The van der Waals surface area contributed by atoms with E-state index in [4.69, 9.17) is 9.47 Å². The molecule has 0 unspecified atom stereocenters. The fourth-order valence-electron chi connectivity index (χ4n) is 3.87. The van der Waals surface area contributed by atoms with Gasteiger partial charge >= 0.3 is 0 Å². The molecule has 3 aromatic carbocycles. The minimum absolute atomic E-state index is 0.131. The topological polar surface area (TPSA) is 52.5 Å². The van der Waals surface area contributed by atoms with Crippen LogP contribution in [0.25, 0.3) is 11.0 Å². The highest BCUT2D eigenvalue weighted by atomic mass is 16.6. The first-order valence-corrected chi connectivity index (χ1v) is 9.36. The third-order valence-electron chi connectivity index (χ3n) is 5.49. The molecule has 1 aromatic heterocycles. The van der Waals surface area contributed by atoms with Crippen LogP contribution in [-0.2, 0) is 10.3 Å². The molecule has 5 heteroatoms. The summed E-state index contributed by atoms with van der Waals surface area (Å²) in [4.78, 5) is 0. The van der Waals surface area contributed by atoms with E-state index in [2.05, 4.69) is 59.7 Å². The number of aryl methyl sites for hydroxylation is 1. The van der Waals surface area contributed by atoms with Gasteiger partial charge in [0.1, 0.15) is 22.9 Å². The van der Waals surface area contributed by atoms with Crippen molar-refractivity contribution in [3.63, 3.8) is 0 Å². The second-order valence-corrected chi connectivity index (χ2v) is 7.24. The molecule has 5 nitrogen and oxygen atoms in total. The van der Waals surface area contributed by atoms with E-state index in [1.54, 1.807) is 7.11 Å². The zero-order valence-corrected chi connectivity index (χ0v) is 15.9. The largest absolute Gasteiger partial charge is 0.497 e. The molecule has 5 rings (SSSR count). The normalized spacial score (nSPS) is 19.5. The van der Waals surface area contributed by atoms with Gasteiger partial charge in [-0.3, -0.25) is 0 Å². The summed E-state index contributed by atoms with van der Waals surface area (Å²) in [5.41, 5.74) is 4.89. The van der Waals surface area contributed by atoms with E-state index in [0.717, 1.165) is 27.9 Å². The van der Waals surface area contributed by atoms with Crippen molar-refractivity contribution in [1.82, 2.24) is 15.0 Å². The molecular weight excluding hydrogens is 350 g/mol. The van der Waals surface area contributed by atoms with Crippen molar-refractivity contribution in [2.45, 2.75) is 18.6 Å². The number of hydrogen-bond acceptors (Lipinski definition) is 4. The van der Waals surface area contributed by atoms with Crippen LogP contribution in [0.5, 0.6) is 5.75 Å². The number of rotatable bonds is 5. The monoisotopic (exact) mass is 371 g/mol. The van der Waals surface area contributed by atoms with E-state index in [0.29, 0.717) is 6.61 Å². The van der Waals surface area contributed by atoms with Gasteiger partial charge in [-0.25, -0.2) is 4.68 Å². The second kappa shape index (κ2) is 6.46. The highest BCUT2D eigenvalue weighted by Crippen LogP contribution is 2.51. The Balaban J connectivity index is 1.69. The molecule has 0 spiro atoms. The first kappa shape index (κ1) is 17.0. The summed E-state index contributed by atoms with van der Waals surface area (Å²) >= 11 is 0. The van der Waals surface area contributed by atoms with E-state index in [1.807, 2.05) is 35.0 Å². The van der Waals surface area contributed by atoms with Crippen LogP contribution >= 0.6 is 0 Å². The maximum Gasteiger partial charge on any atom is 0.143 e. The molecule has 0 amide bonds. The number of fused-ring (bicyclic) bond motifs is 1. The highest BCUT2D eigenvalue weighted by Gasteiger charge is 2.55. The van der Waals surface area contributed by atoms with Gasteiger partial charge in [0, 0.05) is 0 Å². The first-order valence-electron chi connectivity index (χ1n) is 9.36. The number of hydrogen-bond donors (Lipinski definition) is 0. The average molecular weight is 371 g/mol. The number of epoxide rings is 1. The Morgan fingerprint density at radius 2 is 1.71 bits per heavy atom. The Labute approximate surface area is 163 Å². The smallest absolute Gasteiger partial charge is 0.143 e. The third kappa shape index (κ3) is 2.67. The van der Waals surface area contributed by atoms with Crippen molar-refractivity contribution in [2.75, 3.05) is 13.7 Å². The van der Waals surface area contributed by atoms with E-state index >= 15 is 0 Å². The summed E-state index contributed by atoms with van der Waals surface area (Å²) in [5, 5.41) is 8.90. The van der Waals surface area contributed by atoms with Crippen LogP contribution in [0.2, 0.25) is 0 Å². The van der Waals surface area contributed by atoms with Crippen molar-refractivity contribution in [3.8, 4) is 5.75 Å². The molecule has 0 N–H and O–H groups in total. The number of benzene rings is 3. The van der Waals surface area contributed by atoms with Crippen LogP contribution in [0, 0.1) is 6.92 Å². The molecule has 1 fully saturated rings. The fourth-order valence-corrected chi connectivity index (χ4v) is 3.87. The Morgan fingerprint density at radius 1 is 1.00 bits per heavy atom. The molecule has 2 atom stereocenters. The van der Waals surface area contributed by atoms with E-state index in [-0.39, 0.29) is 6.04 Å². The number of aromatic nitrogens is 3. The summed E-state index contributed by atoms with van der Waals surface area (Å²) in [6.07, 6.45) is 0. The quantitative estimate of drug-likeness (QED) is 0.492. The van der Waals surface area contributed by atoms with Crippen LogP contribution in [-0.4, -0.2) is 28.7 Å². The van der Waals surface area contributed by atoms with Gasteiger partial charge in [-0.05, 0) is 42.3 Å². The standard InChI is InChI=1S/C23H21N3O2/c1-16-7-11-18(12-8-16)23(15-28-23)22(17-9-13-19(27-2)14-10-17)26-21-6-4-3-5-20(21)24-25-26/h3-14,22H,15H2,1-2H3/t22-,23+/m1/s1. The zero-order valence-electron chi connectivity index (χ0n) is 15.9. The van der Waals surface area contributed by atoms with Gasteiger partial charge in [-0.2, -0.15) is 0 Å². The van der Waals surface area contributed by atoms with Crippen LogP contribution in [0.15, 0.2) is 72.8 Å². The Kier molecular flexibility index (Phi) is 3.91. The second-order valence-electron chi connectivity index (χ2n) is 7.24. The van der Waals surface area contributed by atoms with Gasteiger partial charge in [-0.15, -0.1) is 5.10 Å². The van der Waals surface area contributed by atoms with Crippen LogP contribution in [0.1, 0.15) is 22.7 Å². The van der Waals surface area contributed by atoms with Gasteiger partial charge in [0.05, 0.1) is 19.2 Å². The van der Waals surface area contributed by atoms with Crippen LogP contribution < -0.4 is 4.74 Å². The summed E-state index contributed by atoms with van der Waals surface area (Å²) in [6, 6.07) is 24.6. The lowest BCUT2D eigenvalue weighted by atomic mass is 9.86. The molecule has 0 aliphatic carbocycles. The van der Waals surface area contributed by atoms with Gasteiger partial charge in [-0.1, -0.05) is 59.3 Å². The lowest BCUT2D eigenvalue weighted by Crippen LogP contribution is -2.28. The molecule has 0 bridgehead atoms. The van der Waals surface area contributed by atoms with Gasteiger partial charge in [0.25, 0.3) is 0 Å². The van der Waals surface area contributed by atoms with Crippen molar-refractivity contribution in [3.05, 3.63) is 89.5 Å². The molecule has 0 radical (unpaired) electrons. The number of ether oxygens (including phenoxy) is 2. The van der Waals surface area contributed by atoms with Gasteiger partial charge in [0.15, 0.2) is 0 Å². The van der Waals surface area contributed by atoms with E-state index < -0.39 is 5.60 Å². The summed E-state index contributed by atoms with van der Waals surface area (Å²) in [5.74, 6) is 0.826. The molecule has 2 heterocycles. The lowest BCUT2D eigenvalue weighted by molar-refractivity contribution is 0.235. The zero-order chi connectivity index (χ0) is 19.1. The molecule has 0 saturated carbocycles. The van der Waals surface area contributed by atoms with Crippen molar-refractivity contribution in [2.24, 2.45) is 0 Å². The maximum absolute atomic E-state index is 6.15. The lowest BCUT2D eigenvalue weighted by Gasteiger charge is -2.26. The van der Waals surface area contributed by atoms with Crippen LogP contribution in [0.3, 0.4) is 0 Å². The molecule has 1 saturated heterocycles. The molecule has 1 aliphatic rings. The maximum atomic E-state index is 6.15. The molecular formula is C23H21N3O2. The first-order chi connectivity index (χ1) is 13.7. The van der Waals surface area contributed by atoms with E-state index in [1.165, 1.54) is 5.56 Å². The number of methoxy groups -OCH3 is 1. The predicted octanol–water partition coefficient (Wildman–Crippen LogP) is 4.26. The molecule has 140 valence electrons. The summed E-state index contributed by atoms with van der Waals surface area (Å²) in [7, 11) is 1.68. The molecule has 4 aromatic rings. The SMILES string of the molecule is COc1ccc([C@@H](n2nnc3ccccc32)[C@@]2(c3ccc(C)cc3)CO2)cc1. The minimum atomic E-state index is -0.460.